The van der Waals surface area contributed by atoms with Crippen LogP contribution in [0.15, 0.2) is 46.5 Å². The van der Waals surface area contributed by atoms with Gasteiger partial charge < -0.3 is 25.0 Å². The van der Waals surface area contributed by atoms with Crippen molar-refractivity contribution in [2.45, 2.75) is 72.4 Å². The van der Waals surface area contributed by atoms with Gasteiger partial charge in [-0.05, 0) is 69.7 Å². The zero-order chi connectivity index (χ0) is 26.5. The van der Waals surface area contributed by atoms with Crippen LogP contribution in [0.4, 0.5) is 22.0 Å². The van der Waals surface area contributed by atoms with Crippen LogP contribution in [-0.4, -0.2) is 52.1 Å². The van der Waals surface area contributed by atoms with Gasteiger partial charge in [-0.15, -0.1) is 0 Å². The van der Waals surface area contributed by atoms with Crippen LogP contribution in [0, 0.1) is 0 Å². The summed E-state index contributed by atoms with van der Waals surface area (Å²) in [5, 5.41) is 5.72. The molecule has 0 aliphatic carbocycles. The molecule has 0 bridgehead atoms. The predicted molar refractivity (Wildman–Crippen MR) is 147 cm³/mol. The minimum absolute atomic E-state index is 0.0753. The number of carbonyl (C=O) groups is 2. The largest absolute Gasteiger partial charge is 0.356 e. The molecule has 2 aliphatic rings. The van der Waals surface area contributed by atoms with Gasteiger partial charge in [0.25, 0.3) is 5.56 Å². The molecule has 2 aromatic heterocycles. The number of urea groups is 1. The number of hydrogen-bond donors (Lipinski definition) is 2. The third kappa shape index (κ3) is 5.87. The molecule has 2 aliphatic heterocycles. The van der Waals surface area contributed by atoms with Crippen molar-refractivity contribution in [2.75, 3.05) is 35.2 Å². The lowest BCUT2D eigenvalue weighted by Crippen LogP contribution is -2.51. The number of amides is 3. The Morgan fingerprint density at radius 1 is 1.16 bits per heavy atom. The molecule has 9 nitrogen and oxygen atoms in total. The number of nitrogens with zero attached hydrogens (tertiary/aromatic N) is 4. The highest BCUT2D eigenvalue weighted by molar-refractivity contribution is 6.00. The first-order valence-corrected chi connectivity index (χ1v) is 13.3. The molecule has 2 N–H and O–H groups in total. The fourth-order valence-corrected chi connectivity index (χ4v) is 5.23. The first-order chi connectivity index (χ1) is 17.8. The summed E-state index contributed by atoms with van der Waals surface area (Å²) in [7, 11) is 0. The number of allylic oxidation sites excluding steroid dienone is 2. The van der Waals surface area contributed by atoms with E-state index >= 15 is 0 Å². The second-order valence-electron chi connectivity index (χ2n) is 9.82. The molecule has 0 spiro atoms. The molecule has 3 amide bonds. The molecule has 1 fully saturated rings. The van der Waals surface area contributed by atoms with Gasteiger partial charge in [0.15, 0.2) is 5.82 Å². The Hall–Kier alpha value is -3.62. The van der Waals surface area contributed by atoms with Crippen LogP contribution >= 0.6 is 0 Å². The van der Waals surface area contributed by atoms with Crippen LogP contribution in [0.1, 0.15) is 58.9 Å². The highest BCUT2D eigenvalue weighted by atomic mass is 16.2. The predicted octanol–water partition coefficient (Wildman–Crippen LogP) is 4.40. The lowest BCUT2D eigenvalue weighted by Gasteiger charge is -2.41. The number of carbonyl (C=O) groups excluding carboxylic acids is 2. The Morgan fingerprint density at radius 2 is 1.92 bits per heavy atom. The Kier molecular flexibility index (Phi) is 8.31. The summed E-state index contributed by atoms with van der Waals surface area (Å²) in [6.45, 7) is 10.3. The topological polar surface area (TPSA) is 99.6 Å². The standard InChI is InChI=1S/C28H38N6O3/c1-5-19(4)21(6-2)15-20-16-23(27(36)32(7-3)17-20)30-28(37)33-13-10-22(11-14-33)34-18-25(35)31-26-24(34)9-8-12-29-26/h8-9,12,16-17,22H,5-7,10-11,13-15,18H2,1-4H3,(H,30,37)(H,29,31,35). The molecule has 37 heavy (non-hydrogen) atoms. The number of likely N-dealkylation sites (tertiary alicyclic amines) is 1. The fourth-order valence-electron chi connectivity index (χ4n) is 5.23. The van der Waals surface area contributed by atoms with Crippen LogP contribution in [0.5, 0.6) is 0 Å². The maximum atomic E-state index is 13.2. The van der Waals surface area contributed by atoms with Crippen LogP contribution in [-0.2, 0) is 17.8 Å². The first kappa shape index (κ1) is 26.4. The minimum atomic E-state index is -0.259. The quantitative estimate of drug-likeness (QED) is 0.543. The van der Waals surface area contributed by atoms with Crippen molar-refractivity contribution in [1.82, 2.24) is 14.5 Å². The van der Waals surface area contributed by atoms with Crippen molar-refractivity contribution in [3.05, 3.63) is 57.7 Å². The van der Waals surface area contributed by atoms with Gasteiger partial charge in [0, 0.05) is 38.1 Å². The van der Waals surface area contributed by atoms with Gasteiger partial charge in [-0.2, -0.15) is 0 Å². The van der Waals surface area contributed by atoms with E-state index in [-0.39, 0.29) is 30.1 Å². The van der Waals surface area contributed by atoms with Crippen molar-refractivity contribution in [1.29, 1.82) is 0 Å². The van der Waals surface area contributed by atoms with Gasteiger partial charge in [0.1, 0.15) is 5.69 Å². The molecule has 0 aromatic carbocycles. The number of piperidine rings is 1. The number of pyridine rings is 2. The number of aromatic nitrogens is 2. The molecule has 2 aromatic rings. The molecule has 0 radical (unpaired) electrons. The first-order valence-electron chi connectivity index (χ1n) is 13.3. The van der Waals surface area contributed by atoms with E-state index in [1.807, 2.05) is 31.3 Å². The Balaban J connectivity index is 1.45. The molecule has 4 rings (SSSR count). The summed E-state index contributed by atoms with van der Waals surface area (Å²) in [4.78, 5) is 46.5. The van der Waals surface area contributed by atoms with Crippen molar-refractivity contribution >= 4 is 29.1 Å². The van der Waals surface area contributed by atoms with E-state index in [1.165, 1.54) is 11.1 Å². The Labute approximate surface area is 218 Å². The molecule has 0 saturated carbocycles. The van der Waals surface area contributed by atoms with Gasteiger partial charge in [0.05, 0.1) is 12.2 Å². The molecule has 198 valence electrons. The molecule has 0 atom stereocenters. The molecule has 1 saturated heterocycles. The number of anilines is 3. The second-order valence-corrected chi connectivity index (χ2v) is 9.82. The van der Waals surface area contributed by atoms with Crippen molar-refractivity contribution < 1.29 is 9.59 Å². The SMILES string of the molecule is CCC(C)=C(CC)Cc1cc(NC(=O)N2CCC(N3CC(=O)Nc4ncccc43)CC2)c(=O)n(CC)c1. The summed E-state index contributed by atoms with van der Waals surface area (Å²) < 4.78 is 1.67. The summed E-state index contributed by atoms with van der Waals surface area (Å²) >= 11 is 0. The normalized spacial score (nSPS) is 16.7. The molecule has 9 heteroatoms. The average Bonchev–Trinajstić information content (AvgIpc) is 2.92. The molecule has 0 unspecified atom stereocenters. The van der Waals surface area contributed by atoms with Crippen molar-refractivity contribution in [3.63, 3.8) is 0 Å². The van der Waals surface area contributed by atoms with E-state index in [0.717, 1.165) is 43.4 Å². The monoisotopic (exact) mass is 506 g/mol. The zero-order valence-corrected chi connectivity index (χ0v) is 22.3. The summed E-state index contributed by atoms with van der Waals surface area (Å²) in [5.41, 5.74) is 4.81. The van der Waals surface area contributed by atoms with Crippen LogP contribution in [0.2, 0.25) is 0 Å². The number of hydrogen-bond acceptors (Lipinski definition) is 5. The molecular formula is C28H38N6O3. The molecule has 4 heterocycles. The summed E-state index contributed by atoms with van der Waals surface area (Å²) in [6.07, 6.45) is 7.76. The van der Waals surface area contributed by atoms with Crippen LogP contribution in [0.25, 0.3) is 0 Å². The smallest absolute Gasteiger partial charge is 0.321 e. The highest BCUT2D eigenvalue weighted by Gasteiger charge is 2.32. The van der Waals surface area contributed by atoms with Gasteiger partial charge >= 0.3 is 6.03 Å². The summed E-state index contributed by atoms with van der Waals surface area (Å²) in [5.74, 6) is 0.509. The maximum absolute atomic E-state index is 13.2. The van der Waals surface area contributed by atoms with E-state index in [2.05, 4.69) is 41.3 Å². The van der Waals surface area contributed by atoms with Gasteiger partial charge in [-0.25, -0.2) is 9.78 Å². The van der Waals surface area contributed by atoms with Crippen molar-refractivity contribution in [2.24, 2.45) is 0 Å². The van der Waals surface area contributed by atoms with Gasteiger partial charge in [-0.3, -0.25) is 9.59 Å². The van der Waals surface area contributed by atoms with Crippen LogP contribution < -0.4 is 21.1 Å². The van der Waals surface area contributed by atoms with E-state index in [1.54, 1.807) is 15.7 Å². The highest BCUT2D eigenvalue weighted by Crippen LogP contribution is 2.31. The third-order valence-corrected chi connectivity index (χ3v) is 7.56. The fraction of sp³-hybridized carbons (Fsp3) is 0.500. The number of fused-ring (bicyclic) bond motifs is 1. The van der Waals surface area contributed by atoms with E-state index < -0.39 is 0 Å². The average molecular weight is 507 g/mol. The van der Waals surface area contributed by atoms with E-state index in [9.17, 15) is 14.4 Å². The Bertz CT molecular complexity index is 1240. The van der Waals surface area contributed by atoms with Crippen molar-refractivity contribution in [3.8, 4) is 0 Å². The van der Waals surface area contributed by atoms with Crippen LogP contribution in [0.3, 0.4) is 0 Å². The summed E-state index contributed by atoms with van der Waals surface area (Å²) in [6, 6.07) is 5.54. The van der Waals surface area contributed by atoms with E-state index in [4.69, 9.17) is 0 Å². The zero-order valence-electron chi connectivity index (χ0n) is 22.3. The lowest BCUT2D eigenvalue weighted by atomic mass is 9.98. The van der Waals surface area contributed by atoms with E-state index in [0.29, 0.717) is 31.1 Å². The lowest BCUT2D eigenvalue weighted by molar-refractivity contribution is -0.115. The molecular weight excluding hydrogens is 468 g/mol. The number of rotatable bonds is 7. The van der Waals surface area contributed by atoms with Gasteiger partial charge in [0.2, 0.25) is 5.91 Å². The maximum Gasteiger partial charge on any atom is 0.321 e. The Morgan fingerprint density at radius 3 is 2.59 bits per heavy atom. The van der Waals surface area contributed by atoms with Gasteiger partial charge in [-0.1, -0.05) is 25.0 Å². The third-order valence-electron chi connectivity index (χ3n) is 7.56. The second kappa shape index (κ2) is 11.6. The number of aryl methyl sites for hydroxylation is 1. The minimum Gasteiger partial charge on any atom is -0.356 e. The number of nitrogens with one attached hydrogen (secondary N) is 2.